The van der Waals surface area contributed by atoms with Crippen LogP contribution in [0.15, 0.2) is 36.4 Å². The van der Waals surface area contributed by atoms with Gasteiger partial charge in [0.05, 0.1) is 24.3 Å². The largest absolute Gasteiger partial charge is 0.496 e. The summed E-state index contributed by atoms with van der Waals surface area (Å²) in [5, 5.41) is 1.13. The lowest BCUT2D eigenvalue weighted by Crippen LogP contribution is -2.49. The molecule has 8 heteroatoms. The Bertz CT molecular complexity index is 1050. The molecule has 2 heterocycles. The summed E-state index contributed by atoms with van der Waals surface area (Å²) in [5.41, 5.74) is 1.93. The number of hydrogen-bond acceptors (Lipinski definition) is 6. The molecule has 0 aromatic heterocycles. The Morgan fingerprint density at radius 2 is 1.68 bits per heavy atom. The minimum Gasteiger partial charge on any atom is -0.496 e. The normalized spacial score (nSPS) is 18.9. The Kier molecular flexibility index (Phi) is 9.99. The second-order valence-corrected chi connectivity index (χ2v) is 10.9. The molecule has 2 aromatic rings. The van der Waals surface area contributed by atoms with E-state index in [0.29, 0.717) is 22.4 Å². The highest BCUT2D eigenvalue weighted by Gasteiger charge is 2.32. The molecule has 0 radical (unpaired) electrons. The van der Waals surface area contributed by atoms with E-state index in [1.165, 1.54) is 7.11 Å². The van der Waals surface area contributed by atoms with Crippen molar-refractivity contribution in [3.05, 3.63) is 57.6 Å². The van der Waals surface area contributed by atoms with Gasteiger partial charge in [-0.15, -0.1) is 0 Å². The summed E-state index contributed by atoms with van der Waals surface area (Å²) in [6.07, 6.45) is 4.96. The Balaban J connectivity index is 1.25. The second-order valence-electron chi connectivity index (χ2n) is 10.1. The van der Waals surface area contributed by atoms with E-state index in [9.17, 15) is 4.79 Å². The van der Waals surface area contributed by atoms with E-state index in [4.69, 9.17) is 37.4 Å². The summed E-state index contributed by atoms with van der Waals surface area (Å²) in [6, 6.07) is 11.3. The highest BCUT2D eigenvalue weighted by molar-refractivity contribution is 6.42. The van der Waals surface area contributed by atoms with Gasteiger partial charge in [0, 0.05) is 31.6 Å². The number of benzene rings is 2. The van der Waals surface area contributed by atoms with Crippen LogP contribution in [0.4, 0.5) is 0 Å². The maximum atomic E-state index is 12.7. The highest BCUT2D eigenvalue weighted by atomic mass is 35.5. The lowest BCUT2D eigenvalue weighted by atomic mass is 9.93. The number of para-hydroxylation sites is 1. The first-order valence-electron chi connectivity index (χ1n) is 13.2. The first-order valence-corrected chi connectivity index (χ1v) is 13.9. The minimum absolute atomic E-state index is 0.177. The van der Waals surface area contributed by atoms with Gasteiger partial charge in [0.15, 0.2) is 0 Å². The Labute approximate surface area is 230 Å². The number of carbonyl (C=O) groups is 1. The zero-order valence-electron chi connectivity index (χ0n) is 22.1. The van der Waals surface area contributed by atoms with Crippen LogP contribution in [-0.2, 0) is 16.0 Å². The van der Waals surface area contributed by atoms with Crippen molar-refractivity contribution in [1.29, 1.82) is 0 Å². The van der Waals surface area contributed by atoms with Crippen LogP contribution in [0.2, 0.25) is 10.0 Å². The number of hydrogen-bond donors (Lipinski definition) is 0. The predicted molar refractivity (Wildman–Crippen MR) is 148 cm³/mol. The zero-order valence-corrected chi connectivity index (χ0v) is 23.6. The molecule has 2 fully saturated rings. The summed E-state index contributed by atoms with van der Waals surface area (Å²) in [4.78, 5) is 17.5. The average Bonchev–Trinajstić information content (AvgIpc) is 2.93. The smallest absolute Gasteiger partial charge is 0.323 e. The van der Waals surface area contributed by atoms with Crippen molar-refractivity contribution in [1.82, 2.24) is 9.80 Å². The van der Waals surface area contributed by atoms with E-state index in [1.54, 1.807) is 13.2 Å². The Morgan fingerprint density at radius 1 is 0.973 bits per heavy atom. The number of halogens is 2. The van der Waals surface area contributed by atoms with Gasteiger partial charge in [0.2, 0.25) is 0 Å². The van der Waals surface area contributed by atoms with Gasteiger partial charge >= 0.3 is 5.97 Å². The monoisotopic (exact) mass is 548 g/mol. The van der Waals surface area contributed by atoms with Crippen molar-refractivity contribution in [2.45, 2.75) is 51.2 Å². The molecule has 2 aliphatic heterocycles. The number of likely N-dealkylation sites (tertiary alicyclic amines) is 2. The van der Waals surface area contributed by atoms with Crippen LogP contribution in [0.25, 0.3) is 0 Å². The van der Waals surface area contributed by atoms with Crippen molar-refractivity contribution in [2.75, 3.05) is 46.9 Å². The van der Waals surface area contributed by atoms with E-state index in [-0.39, 0.29) is 18.1 Å². The molecule has 6 nitrogen and oxygen atoms in total. The third-order valence-electron chi connectivity index (χ3n) is 7.80. The minimum atomic E-state index is -0.292. The highest BCUT2D eigenvalue weighted by Crippen LogP contribution is 2.34. The average molecular weight is 550 g/mol. The van der Waals surface area contributed by atoms with Gasteiger partial charge < -0.3 is 19.1 Å². The molecule has 1 atom stereocenters. The summed E-state index contributed by atoms with van der Waals surface area (Å²) in [6.45, 7) is 6.91. The van der Waals surface area contributed by atoms with E-state index < -0.39 is 0 Å². The molecule has 0 N–H and O–H groups in total. The number of rotatable bonds is 9. The SMILES string of the molecule is COC(=O)[C@H](Cc1ccccc1OC)N1CCC(CN2CCC(Oc3ccc(Cl)c(Cl)c3C)CC2)CC1. The van der Waals surface area contributed by atoms with Crippen LogP contribution in [-0.4, -0.2) is 74.9 Å². The van der Waals surface area contributed by atoms with E-state index in [1.807, 2.05) is 37.3 Å². The third-order valence-corrected chi connectivity index (χ3v) is 8.70. The fourth-order valence-corrected chi connectivity index (χ4v) is 5.90. The molecule has 0 unspecified atom stereocenters. The molecule has 4 rings (SSSR count). The van der Waals surface area contributed by atoms with E-state index in [2.05, 4.69) is 9.80 Å². The fraction of sp³-hybridized carbons (Fsp3) is 0.552. The number of esters is 1. The lowest BCUT2D eigenvalue weighted by molar-refractivity contribution is -0.147. The van der Waals surface area contributed by atoms with Crippen LogP contribution in [0.5, 0.6) is 11.5 Å². The van der Waals surface area contributed by atoms with Crippen molar-refractivity contribution >= 4 is 29.2 Å². The van der Waals surface area contributed by atoms with Gasteiger partial charge in [0.25, 0.3) is 0 Å². The van der Waals surface area contributed by atoms with Crippen LogP contribution >= 0.6 is 23.2 Å². The lowest BCUT2D eigenvalue weighted by Gasteiger charge is -2.39. The van der Waals surface area contributed by atoms with Crippen LogP contribution in [0, 0.1) is 12.8 Å². The quantitative estimate of drug-likeness (QED) is 0.377. The molecule has 2 aromatic carbocycles. The Morgan fingerprint density at radius 3 is 2.35 bits per heavy atom. The molecule has 0 bridgehead atoms. The van der Waals surface area contributed by atoms with Crippen LogP contribution in [0.3, 0.4) is 0 Å². The van der Waals surface area contributed by atoms with Gasteiger partial charge in [-0.25, -0.2) is 0 Å². The molecule has 202 valence electrons. The number of carbonyl (C=O) groups excluding carboxylic acids is 1. The first-order chi connectivity index (χ1) is 17.9. The van der Waals surface area contributed by atoms with Crippen LogP contribution < -0.4 is 9.47 Å². The maximum Gasteiger partial charge on any atom is 0.323 e. The fourth-order valence-electron chi connectivity index (χ4n) is 5.54. The number of piperidine rings is 2. The second kappa shape index (κ2) is 13.2. The van der Waals surface area contributed by atoms with Gasteiger partial charge in [-0.2, -0.15) is 0 Å². The molecule has 0 amide bonds. The molecule has 2 saturated heterocycles. The van der Waals surface area contributed by atoms with Crippen molar-refractivity contribution in [3.8, 4) is 11.5 Å². The predicted octanol–water partition coefficient (Wildman–Crippen LogP) is 5.65. The molecular weight excluding hydrogens is 511 g/mol. The number of nitrogens with zero attached hydrogens (tertiary/aromatic N) is 2. The first kappa shape index (κ1) is 28.0. The van der Waals surface area contributed by atoms with Gasteiger partial charge in [-0.3, -0.25) is 9.69 Å². The molecular formula is C29H38Cl2N2O4. The van der Waals surface area contributed by atoms with Crippen molar-refractivity contribution in [3.63, 3.8) is 0 Å². The Hall–Kier alpha value is -1.99. The van der Waals surface area contributed by atoms with Gasteiger partial charge in [-0.1, -0.05) is 41.4 Å². The summed E-state index contributed by atoms with van der Waals surface area (Å²) < 4.78 is 17.0. The molecule has 2 aliphatic rings. The summed E-state index contributed by atoms with van der Waals surface area (Å²) >= 11 is 12.4. The standard InChI is InChI=1S/C29H38Cl2N2O4/c1-20-26(9-8-24(30)28(20)31)37-23-12-14-32(15-13-23)19-21-10-16-33(17-11-21)25(29(34)36-3)18-22-6-4-5-7-27(22)35-2/h4-9,21,23,25H,10-19H2,1-3H3/t25-/m0/s1. The maximum absolute atomic E-state index is 12.7. The zero-order chi connectivity index (χ0) is 26.4. The topological polar surface area (TPSA) is 51.2 Å². The van der Waals surface area contributed by atoms with Crippen molar-refractivity contribution in [2.24, 2.45) is 5.92 Å². The summed E-state index contributed by atoms with van der Waals surface area (Å²) in [7, 11) is 3.14. The molecule has 0 saturated carbocycles. The molecule has 0 aliphatic carbocycles. The van der Waals surface area contributed by atoms with E-state index >= 15 is 0 Å². The van der Waals surface area contributed by atoms with E-state index in [0.717, 1.165) is 81.0 Å². The summed E-state index contributed by atoms with van der Waals surface area (Å²) in [5.74, 6) is 2.10. The van der Waals surface area contributed by atoms with Gasteiger partial charge in [0.1, 0.15) is 23.6 Å². The molecule has 0 spiro atoms. The number of methoxy groups -OCH3 is 2. The number of ether oxygens (including phenoxy) is 3. The third kappa shape index (κ3) is 7.11. The van der Waals surface area contributed by atoms with Crippen LogP contribution in [0.1, 0.15) is 36.8 Å². The molecule has 37 heavy (non-hydrogen) atoms. The van der Waals surface area contributed by atoms with Crippen molar-refractivity contribution < 1.29 is 19.0 Å². The van der Waals surface area contributed by atoms with Gasteiger partial charge in [-0.05, 0) is 75.4 Å².